The Hall–Kier alpha value is -3.04. The number of benzene rings is 3. The van der Waals surface area contributed by atoms with Crippen LogP contribution in [0.3, 0.4) is 0 Å². The highest BCUT2D eigenvalue weighted by Gasteiger charge is 2.26. The van der Waals surface area contributed by atoms with Gasteiger partial charge >= 0.3 is 0 Å². The van der Waals surface area contributed by atoms with Crippen LogP contribution in [0.25, 0.3) is 10.8 Å². The van der Waals surface area contributed by atoms with E-state index in [1.165, 1.54) is 22.2 Å². The number of piperidine rings is 1. The average molecular weight is 425 g/mol. The molecule has 0 atom stereocenters. The molecule has 0 bridgehead atoms. The van der Waals surface area contributed by atoms with Gasteiger partial charge in [0.1, 0.15) is 0 Å². The molecule has 164 valence electrons. The quantitative estimate of drug-likeness (QED) is 0.382. The molecule has 3 aromatic carbocycles. The van der Waals surface area contributed by atoms with Crippen molar-refractivity contribution < 1.29 is 5.11 Å². The van der Waals surface area contributed by atoms with Gasteiger partial charge in [0.2, 0.25) is 0 Å². The largest absolute Gasteiger partial charge is 0.494 e. The summed E-state index contributed by atoms with van der Waals surface area (Å²) < 4.78 is 2.18. The smallest absolute Gasteiger partial charge is 0.199 e. The minimum Gasteiger partial charge on any atom is -0.494 e. The molecule has 2 heterocycles. The molecule has 1 aliphatic rings. The SMILES string of the molecule is Cc1c2ccccc2c(O)n1C1CCN(CCC(c2ccccc2)c2ccccc2)CC1. The predicted octanol–water partition coefficient (Wildman–Crippen LogP) is 6.51. The van der Waals surface area contributed by atoms with E-state index in [-0.39, 0.29) is 0 Å². The molecule has 0 unspecified atom stereocenters. The van der Waals surface area contributed by atoms with Crippen molar-refractivity contribution in [2.75, 3.05) is 19.6 Å². The topological polar surface area (TPSA) is 28.4 Å². The zero-order valence-electron chi connectivity index (χ0n) is 18.8. The van der Waals surface area contributed by atoms with Crippen molar-refractivity contribution in [3.8, 4) is 5.88 Å². The molecule has 32 heavy (non-hydrogen) atoms. The highest BCUT2D eigenvalue weighted by molar-refractivity contribution is 5.90. The number of aryl methyl sites for hydroxylation is 1. The lowest BCUT2D eigenvalue weighted by molar-refractivity contribution is 0.177. The summed E-state index contributed by atoms with van der Waals surface area (Å²) in [6.45, 7) is 5.39. The van der Waals surface area contributed by atoms with Gasteiger partial charge in [0.15, 0.2) is 5.88 Å². The van der Waals surface area contributed by atoms with E-state index in [1.807, 2.05) is 12.1 Å². The van der Waals surface area contributed by atoms with E-state index in [4.69, 9.17) is 0 Å². The summed E-state index contributed by atoms with van der Waals surface area (Å²) in [5, 5.41) is 13.0. The van der Waals surface area contributed by atoms with Gasteiger partial charge in [-0.05, 0) is 49.9 Å². The molecule has 0 radical (unpaired) electrons. The maximum Gasteiger partial charge on any atom is 0.199 e. The Morgan fingerprint density at radius 2 is 1.31 bits per heavy atom. The van der Waals surface area contributed by atoms with Gasteiger partial charge in [-0.25, -0.2) is 0 Å². The third kappa shape index (κ3) is 4.05. The summed E-state index contributed by atoms with van der Waals surface area (Å²) in [5.74, 6) is 0.862. The molecule has 0 spiro atoms. The number of aromatic nitrogens is 1. The second-order valence-electron chi connectivity index (χ2n) is 9.06. The van der Waals surface area contributed by atoms with Crippen LogP contribution in [0.5, 0.6) is 5.88 Å². The summed E-state index contributed by atoms with van der Waals surface area (Å²) in [4.78, 5) is 2.60. The lowest BCUT2D eigenvalue weighted by atomic mass is 9.88. The zero-order chi connectivity index (χ0) is 21.9. The minimum absolute atomic E-state index is 0.373. The highest BCUT2D eigenvalue weighted by Crippen LogP contribution is 2.37. The van der Waals surface area contributed by atoms with E-state index in [9.17, 15) is 5.11 Å². The summed E-state index contributed by atoms with van der Waals surface area (Å²) in [6, 6.07) is 30.4. The number of aromatic hydroxyl groups is 1. The Morgan fingerprint density at radius 1 is 0.781 bits per heavy atom. The van der Waals surface area contributed by atoms with Crippen LogP contribution in [0.2, 0.25) is 0 Å². The van der Waals surface area contributed by atoms with E-state index >= 15 is 0 Å². The molecule has 1 saturated heterocycles. The first kappa shape index (κ1) is 20.8. The minimum atomic E-state index is 0.373. The fourth-order valence-electron chi connectivity index (χ4n) is 5.47. The average Bonchev–Trinajstić information content (AvgIpc) is 3.11. The first-order valence-electron chi connectivity index (χ1n) is 11.8. The molecular weight excluding hydrogens is 392 g/mol. The van der Waals surface area contributed by atoms with Gasteiger partial charge in [0, 0.05) is 41.5 Å². The maximum absolute atomic E-state index is 10.9. The molecule has 1 N–H and O–H groups in total. The van der Waals surface area contributed by atoms with Crippen molar-refractivity contribution in [2.24, 2.45) is 0 Å². The van der Waals surface area contributed by atoms with Crippen LogP contribution >= 0.6 is 0 Å². The first-order chi connectivity index (χ1) is 15.7. The number of hydrogen-bond donors (Lipinski definition) is 1. The van der Waals surface area contributed by atoms with Crippen LogP contribution in [-0.4, -0.2) is 34.2 Å². The van der Waals surface area contributed by atoms with Crippen molar-refractivity contribution in [2.45, 2.75) is 38.1 Å². The lowest BCUT2D eigenvalue weighted by Gasteiger charge is -2.34. The van der Waals surface area contributed by atoms with Crippen molar-refractivity contribution >= 4 is 10.8 Å². The lowest BCUT2D eigenvalue weighted by Crippen LogP contribution is -2.36. The second-order valence-corrected chi connectivity index (χ2v) is 9.06. The van der Waals surface area contributed by atoms with Crippen LogP contribution in [0.4, 0.5) is 0 Å². The molecule has 3 heteroatoms. The molecule has 1 aliphatic heterocycles. The van der Waals surface area contributed by atoms with Gasteiger partial charge in [0.05, 0.1) is 0 Å². The van der Waals surface area contributed by atoms with Crippen molar-refractivity contribution in [3.05, 3.63) is 102 Å². The van der Waals surface area contributed by atoms with Gasteiger partial charge in [0.25, 0.3) is 0 Å². The Morgan fingerprint density at radius 3 is 1.88 bits per heavy atom. The van der Waals surface area contributed by atoms with Gasteiger partial charge < -0.3 is 14.6 Å². The molecule has 5 rings (SSSR count). The fourth-order valence-corrected chi connectivity index (χ4v) is 5.47. The highest BCUT2D eigenvalue weighted by atomic mass is 16.3. The number of rotatable bonds is 6. The molecular formula is C29H32N2O. The number of hydrogen-bond acceptors (Lipinski definition) is 2. The van der Waals surface area contributed by atoms with Crippen molar-refractivity contribution in [3.63, 3.8) is 0 Å². The summed E-state index contributed by atoms with van der Waals surface area (Å²) in [5.41, 5.74) is 3.98. The maximum atomic E-state index is 10.9. The molecule has 0 saturated carbocycles. The van der Waals surface area contributed by atoms with E-state index < -0.39 is 0 Å². The number of nitrogens with zero attached hydrogens (tertiary/aromatic N) is 2. The third-order valence-corrected chi connectivity index (χ3v) is 7.21. The van der Waals surface area contributed by atoms with Gasteiger partial charge in [-0.2, -0.15) is 0 Å². The fraction of sp³-hybridized carbons (Fsp3) is 0.310. The van der Waals surface area contributed by atoms with E-state index in [2.05, 4.69) is 89.2 Å². The van der Waals surface area contributed by atoms with E-state index in [0.29, 0.717) is 17.8 Å². The van der Waals surface area contributed by atoms with Crippen LogP contribution in [-0.2, 0) is 0 Å². The van der Waals surface area contributed by atoms with Gasteiger partial charge in [-0.1, -0.05) is 78.9 Å². The molecule has 0 amide bonds. The van der Waals surface area contributed by atoms with Crippen molar-refractivity contribution in [1.29, 1.82) is 0 Å². The van der Waals surface area contributed by atoms with Gasteiger partial charge in [-0.3, -0.25) is 0 Å². The Labute approximate surface area is 190 Å². The van der Waals surface area contributed by atoms with Crippen molar-refractivity contribution in [1.82, 2.24) is 9.47 Å². The molecule has 1 fully saturated rings. The normalized spacial score (nSPS) is 15.6. The van der Waals surface area contributed by atoms with Crippen LogP contribution < -0.4 is 0 Å². The zero-order valence-corrected chi connectivity index (χ0v) is 18.8. The molecule has 0 aliphatic carbocycles. The molecule has 1 aromatic heterocycles. The third-order valence-electron chi connectivity index (χ3n) is 7.21. The molecule has 3 nitrogen and oxygen atoms in total. The summed E-state index contributed by atoms with van der Waals surface area (Å²) in [6.07, 6.45) is 3.28. The van der Waals surface area contributed by atoms with E-state index in [1.54, 1.807) is 0 Å². The molecule has 4 aromatic rings. The van der Waals surface area contributed by atoms with Gasteiger partial charge in [-0.15, -0.1) is 0 Å². The first-order valence-corrected chi connectivity index (χ1v) is 11.8. The summed E-state index contributed by atoms with van der Waals surface area (Å²) >= 11 is 0. The number of likely N-dealkylation sites (tertiary alicyclic amines) is 1. The van der Waals surface area contributed by atoms with Crippen LogP contribution in [0, 0.1) is 6.92 Å². The Balaban J connectivity index is 1.26. The predicted molar refractivity (Wildman–Crippen MR) is 132 cm³/mol. The second kappa shape index (κ2) is 9.22. The summed E-state index contributed by atoms with van der Waals surface area (Å²) in [7, 11) is 0. The Kier molecular flexibility index (Phi) is 6.00. The van der Waals surface area contributed by atoms with E-state index in [0.717, 1.165) is 44.3 Å². The van der Waals surface area contributed by atoms with Crippen LogP contribution in [0.15, 0.2) is 84.9 Å². The Bertz CT molecular complexity index is 1080. The van der Waals surface area contributed by atoms with Crippen LogP contribution in [0.1, 0.15) is 48.0 Å². The number of fused-ring (bicyclic) bond motifs is 1. The monoisotopic (exact) mass is 424 g/mol. The standard InChI is InChI=1S/C29H32N2O/c1-22-26-14-8-9-15-28(26)29(32)31(22)25-16-19-30(20-17-25)21-18-27(23-10-4-2-5-11-23)24-12-6-3-7-13-24/h2-15,25,27,32H,16-21H2,1H3.